The summed E-state index contributed by atoms with van der Waals surface area (Å²) in [6.07, 6.45) is 7.19. The van der Waals surface area contributed by atoms with E-state index in [2.05, 4.69) is 16.1 Å². The highest BCUT2D eigenvalue weighted by Gasteiger charge is 2.49. The van der Waals surface area contributed by atoms with Crippen molar-refractivity contribution < 1.29 is 14.4 Å². The molecule has 4 aromatic rings. The number of nitrogens with zero attached hydrogens (tertiary/aromatic N) is 8. The van der Waals surface area contributed by atoms with Gasteiger partial charge in [-0.1, -0.05) is 5.16 Å². The first-order valence-electron chi connectivity index (χ1n) is 15.3. The van der Waals surface area contributed by atoms with E-state index in [1.807, 2.05) is 36.9 Å². The molecule has 2 aliphatic carbocycles. The van der Waals surface area contributed by atoms with Gasteiger partial charge in [0.05, 0.1) is 53.5 Å². The number of rotatable bonds is 6. The van der Waals surface area contributed by atoms with Gasteiger partial charge in [-0.25, -0.2) is 14.6 Å². The molecule has 0 saturated carbocycles. The summed E-state index contributed by atoms with van der Waals surface area (Å²) in [6, 6.07) is 2.51. The minimum absolute atomic E-state index is 0.0266. The average molecular weight is 618 g/mol. The van der Waals surface area contributed by atoms with Gasteiger partial charge >= 0.3 is 0 Å². The smallest absolute Gasteiger partial charge is 0.186 e. The highest BCUT2D eigenvalue weighted by Crippen LogP contribution is 2.55. The molecule has 1 saturated heterocycles. The second-order valence-electron chi connectivity index (χ2n) is 13.4. The normalized spacial score (nSPS) is 23.3. The Morgan fingerprint density at radius 1 is 1.20 bits per heavy atom. The first-order valence-corrected chi connectivity index (χ1v) is 16.1. The van der Waals surface area contributed by atoms with E-state index in [4.69, 9.17) is 30.1 Å². The molecule has 4 aromatic heterocycles. The van der Waals surface area contributed by atoms with Crippen molar-refractivity contribution in [3.8, 4) is 17.6 Å². The molecular weight excluding hydrogens is 578 g/mol. The zero-order valence-corrected chi connectivity index (χ0v) is 26.7. The average Bonchev–Trinajstić information content (AvgIpc) is 3.75. The Morgan fingerprint density at radius 2 is 1.98 bits per heavy atom. The van der Waals surface area contributed by atoms with Gasteiger partial charge in [0.1, 0.15) is 16.9 Å². The number of anilines is 2. The van der Waals surface area contributed by atoms with Crippen molar-refractivity contribution in [2.24, 2.45) is 0 Å². The molecule has 3 atom stereocenters. The fraction of sp³-hybridized carbons (Fsp3) is 0.581. The maximum atomic E-state index is 10.7. The Morgan fingerprint density at radius 3 is 2.70 bits per heavy atom. The summed E-state index contributed by atoms with van der Waals surface area (Å²) in [7, 11) is 6.02. The highest BCUT2D eigenvalue weighted by atomic mass is 32.1. The third kappa shape index (κ3) is 4.50. The van der Waals surface area contributed by atoms with E-state index in [-0.39, 0.29) is 12.1 Å². The van der Waals surface area contributed by atoms with Crippen LogP contribution in [-0.4, -0.2) is 87.5 Å². The number of hydrogen-bond donors (Lipinski definition) is 2. The van der Waals surface area contributed by atoms with Gasteiger partial charge in [0.25, 0.3) is 0 Å². The number of likely N-dealkylation sites (N-methyl/N-ethyl adjacent to an activating group) is 2. The van der Waals surface area contributed by atoms with E-state index in [9.17, 15) is 10.4 Å². The number of fused-ring (bicyclic) bond motifs is 5. The largest absolute Gasteiger partial charge is 0.389 e. The molecule has 0 amide bonds. The SMILES string of the molecule is CN(CC(C)(C)O)c1nc(-c2noc3c2CCC[C@@]32CCCc3sc(N)c(C#N)c32)nc2c1cnn2[C@H]1COC[C@@H]1N(C)C. The van der Waals surface area contributed by atoms with Crippen LogP contribution in [-0.2, 0) is 23.0 Å². The molecule has 232 valence electrons. The van der Waals surface area contributed by atoms with Gasteiger partial charge in [0, 0.05) is 24.0 Å². The number of nitrogen functional groups attached to an aromatic ring is 1. The van der Waals surface area contributed by atoms with E-state index in [0.29, 0.717) is 53.3 Å². The number of thiophene rings is 1. The van der Waals surface area contributed by atoms with Crippen molar-refractivity contribution in [1.82, 2.24) is 29.8 Å². The lowest BCUT2D eigenvalue weighted by Gasteiger charge is -2.39. The predicted molar refractivity (Wildman–Crippen MR) is 168 cm³/mol. The van der Waals surface area contributed by atoms with Gasteiger partial charge in [0.2, 0.25) is 0 Å². The van der Waals surface area contributed by atoms with Gasteiger partial charge in [-0.2, -0.15) is 10.4 Å². The standard InChI is InChI=1S/C31H39N9O3S/c1-30(2,41)16-39(5)28-19-13-34-40(21-15-42-14-20(21)38(3)4)29(19)36-27(35-28)24-17-8-6-10-31(25(17)43-37-24)11-7-9-22-23(31)18(12-32)26(33)44-22/h13,20-21,41H,6-11,14-16,33H2,1-5H3/t20-,21-,31-/m0/s1. The van der Waals surface area contributed by atoms with Crippen LogP contribution in [0.4, 0.5) is 10.8 Å². The lowest BCUT2D eigenvalue weighted by atomic mass is 9.63. The molecule has 0 bridgehead atoms. The van der Waals surface area contributed by atoms with E-state index in [0.717, 1.165) is 60.8 Å². The maximum Gasteiger partial charge on any atom is 0.186 e. The zero-order chi connectivity index (χ0) is 31.0. The number of nitrogens with two attached hydrogens (primary N) is 1. The fourth-order valence-electron chi connectivity index (χ4n) is 7.68. The van der Waals surface area contributed by atoms with Gasteiger partial charge in [-0.15, -0.1) is 11.3 Å². The van der Waals surface area contributed by atoms with Crippen molar-refractivity contribution in [1.29, 1.82) is 5.26 Å². The van der Waals surface area contributed by atoms with E-state index >= 15 is 0 Å². The Kier molecular flexibility index (Phi) is 6.97. The van der Waals surface area contributed by atoms with E-state index in [1.165, 1.54) is 16.2 Å². The van der Waals surface area contributed by atoms with Crippen LogP contribution >= 0.6 is 11.3 Å². The monoisotopic (exact) mass is 617 g/mol. The first-order chi connectivity index (χ1) is 21.0. The van der Waals surface area contributed by atoms with E-state index < -0.39 is 11.0 Å². The van der Waals surface area contributed by atoms with Crippen LogP contribution in [0.2, 0.25) is 0 Å². The summed E-state index contributed by atoms with van der Waals surface area (Å²) in [5, 5.41) is 31.6. The van der Waals surface area contributed by atoms with Gasteiger partial charge in [0.15, 0.2) is 22.9 Å². The van der Waals surface area contributed by atoms with Crippen LogP contribution in [0.1, 0.15) is 72.9 Å². The summed E-state index contributed by atoms with van der Waals surface area (Å²) in [5.41, 5.74) is 8.89. The molecule has 44 heavy (non-hydrogen) atoms. The lowest BCUT2D eigenvalue weighted by Crippen LogP contribution is -2.37. The van der Waals surface area contributed by atoms with Crippen molar-refractivity contribution in [3.05, 3.63) is 33.5 Å². The number of ether oxygens (including phenoxy) is 1. The quantitative estimate of drug-likeness (QED) is 0.326. The van der Waals surface area contributed by atoms with Crippen molar-refractivity contribution in [3.63, 3.8) is 0 Å². The molecule has 5 heterocycles. The van der Waals surface area contributed by atoms with Gasteiger partial charge in [-0.05, 0) is 72.0 Å². The number of nitriles is 1. The molecule has 1 fully saturated rings. The molecule has 0 radical (unpaired) electrons. The Labute approximate surface area is 260 Å². The van der Waals surface area contributed by atoms with Gasteiger partial charge < -0.3 is 29.9 Å². The minimum atomic E-state index is -0.948. The van der Waals surface area contributed by atoms with Crippen LogP contribution in [0.5, 0.6) is 0 Å². The molecule has 3 aliphatic rings. The molecular formula is C31H39N9O3S. The Bertz CT molecular complexity index is 1770. The number of aryl methyl sites for hydroxylation is 1. The third-order valence-corrected chi connectivity index (χ3v) is 10.6. The molecule has 1 spiro atoms. The topological polar surface area (TPSA) is 155 Å². The number of hydrogen-bond acceptors (Lipinski definition) is 12. The molecule has 12 nitrogen and oxygen atoms in total. The lowest BCUT2D eigenvalue weighted by molar-refractivity contribution is 0.0885. The molecule has 7 rings (SSSR count). The van der Waals surface area contributed by atoms with Crippen LogP contribution in [0.3, 0.4) is 0 Å². The second-order valence-corrected chi connectivity index (χ2v) is 14.5. The van der Waals surface area contributed by atoms with Gasteiger partial charge in [-0.3, -0.25) is 0 Å². The molecule has 0 aromatic carbocycles. The minimum Gasteiger partial charge on any atom is -0.389 e. The zero-order valence-electron chi connectivity index (χ0n) is 25.9. The van der Waals surface area contributed by atoms with Crippen LogP contribution in [0.25, 0.3) is 22.6 Å². The van der Waals surface area contributed by atoms with Crippen molar-refractivity contribution >= 4 is 33.2 Å². The molecule has 1 aliphatic heterocycles. The summed E-state index contributed by atoms with van der Waals surface area (Å²) in [4.78, 5) is 15.5. The van der Waals surface area contributed by atoms with Crippen LogP contribution in [0.15, 0.2) is 10.7 Å². The maximum absolute atomic E-state index is 10.7. The number of aliphatic hydroxyl groups is 1. The van der Waals surface area contributed by atoms with Crippen molar-refractivity contribution in [2.45, 2.75) is 75.5 Å². The summed E-state index contributed by atoms with van der Waals surface area (Å²) in [6.45, 7) is 5.06. The first kappa shape index (κ1) is 29.2. The predicted octanol–water partition coefficient (Wildman–Crippen LogP) is 3.66. The Hall–Kier alpha value is -3.57. The number of aromatic nitrogens is 5. The van der Waals surface area contributed by atoms with Crippen LogP contribution < -0.4 is 10.6 Å². The summed E-state index contributed by atoms with van der Waals surface area (Å²) < 4.78 is 14.1. The molecule has 0 unspecified atom stereocenters. The molecule has 13 heteroatoms. The van der Waals surface area contributed by atoms with Crippen LogP contribution in [0, 0.1) is 11.3 Å². The molecule has 3 N–H and O–H groups in total. The summed E-state index contributed by atoms with van der Waals surface area (Å²) in [5.74, 6) is 1.94. The highest BCUT2D eigenvalue weighted by molar-refractivity contribution is 7.16. The second kappa shape index (κ2) is 10.5. The third-order valence-electron chi connectivity index (χ3n) is 9.49. The van der Waals surface area contributed by atoms with Crippen molar-refractivity contribution in [2.75, 3.05) is 51.5 Å². The van der Waals surface area contributed by atoms with E-state index in [1.54, 1.807) is 13.8 Å². The summed E-state index contributed by atoms with van der Waals surface area (Å²) >= 11 is 1.53. The Balaban J connectivity index is 1.41. The fourth-order valence-corrected chi connectivity index (χ4v) is 8.84.